The molecule has 0 saturated carbocycles. The fraction of sp³-hybridized carbons (Fsp3) is 0.917. The molecule has 1 unspecified atom stereocenters. The van der Waals surface area contributed by atoms with Gasteiger partial charge >= 0.3 is 0 Å². The highest BCUT2D eigenvalue weighted by atomic mass is 32.2. The van der Waals surface area contributed by atoms with Gasteiger partial charge in [0.1, 0.15) is 0 Å². The van der Waals surface area contributed by atoms with Gasteiger partial charge in [0.15, 0.2) is 9.84 Å². The molecule has 0 spiro atoms. The van der Waals surface area contributed by atoms with Crippen LogP contribution < -0.4 is 5.32 Å². The lowest BCUT2D eigenvalue weighted by atomic mass is 10.1. The lowest BCUT2D eigenvalue weighted by molar-refractivity contribution is -0.132. The molecule has 1 fully saturated rings. The molecule has 0 aromatic carbocycles. The summed E-state index contributed by atoms with van der Waals surface area (Å²) in [5.41, 5.74) is -0.114. The second kappa shape index (κ2) is 5.57. The van der Waals surface area contributed by atoms with E-state index in [0.29, 0.717) is 13.0 Å². The number of nitrogens with zero attached hydrogens (tertiary/aromatic N) is 1. The summed E-state index contributed by atoms with van der Waals surface area (Å²) in [4.78, 5) is 13.8. The first-order valence-corrected chi connectivity index (χ1v) is 8.21. The van der Waals surface area contributed by atoms with Crippen molar-refractivity contribution in [2.45, 2.75) is 45.7 Å². The summed E-state index contributed by atoms with van der Waals surface area (Å²) in [5.74, 6) is 0.297. The fourth-order valence-electron chi connectivity index (χ4n) is 2.10. The summed E-state index contributed by atoms with van der Waals surface area (Å²) < 4.78 is 22.9. The Labute approximate surface area is 110 Å². The number of amides is 1. The maximum atomic E-state index is 12.1. The molecule has 1 N–H and O–H groups in total. The Bertz CT molecular complexity index is 398. The lowest BCUT2D eigenvalue weighted by Gasteiger charge is -2.29. The van der Waals surface area contributed by atoms with E-state index in [2.05, 4.69) is 5.32 Å². The van der Waals surface area contributed by atoms with Crippen molar-refractivity contribution >= 4 is 15.7 Å². The molecule has 1 heterocycles. The van der Waals surface area contributed by atoms with E-state index in [1.54, 1.807) is 4.90 Å². The van der Waals surface area contributed by atoms with Crippen LogP contribution in [0.15, 0.2) is 0 Å². The van der Waals surface area contributed by atoms with Crippen molar-refractivity contribution in [3.63, 3.8) is 0 Å². The standard InChI is InChI=1S/C12H24N2O3S/c1-5-14(10-6-7-18(16,17)9-10)11(15)8-13-12(2,3)4/h10,13H,5-9H2,1-4H3. The predicted octanol–water partition coefficient (Wildman–Crippen LogP) is 0.410. The number of hydrogen-bond donors (Lipinski definition) is 1. The summed E-state index contributed by atoms with van der Waals surface area (Å²) in [7, 11) is -2.94. The number of rotatable bonds is 4. The maximum Gasteiger partial charge on any atom is 0.236 e. The van der Waals surface area contributed by atoms with Crippen LogP contribution in [0.5, 0.6) is 0 Å². The second-order valence-electron chi connectivity index (χ2n) is 5.84. The van der Waals surface area contributed by atoms with Crippen LogP contribution >= 0.6 is 0 Å². The first-order chi connectivity index (χ1) is 8.14. The number of hydrogen-bond acceptors (Lipinski definition) is 4. The van der Waals surface area contributed by atoms with E-state index in [1.165, 1.54) is 0 Å². The summed E-state index contributed by atoms with van der Waals surface area (Å²) >= 11 is 0. The zero-order valence-corrected chi connectivity index (χ0v) is 12.5. The van der Waals surface area contributed by atoms with Gasteiger partial charge in [-0.2, -0.15) is 0 Å². The minimum Gasteiger partial charge on any atom is -0.338 e. The highest BCUT2D eigenvalue weighted by molar-refractivity contribution is 7.91. The molecule has 0 radical (unpaired) electrons. The third-order valence-corrected chi connectivity index (χ3v) is 4.83. The van der Waals surface area contributed by atoms with Gasteiger partial charge in [-0.05, 0) is 34.1 Å². The molecule has 1 amide bonds. The Morgan fingerprint density at radius 1 is 1.39 bits per heavy atom. The molecule has 6 heteroatoms. The van der Waals surface area contributed by atoms with E-state index >= 15 is 0 Å². The Morgan fingerprint density at radius 2 is 2.00 bits per heavy atom. The van der Waals surface area contributed by atoms with Crippen LogP contribution in [0.3, 0.4) is 0 Å². The van der Waals surface area contributed by atoms with Crippen molar-refractivity contribution in [2.75, 3.05) is 24.6 Å². The molecular weight excluding hydrogens is 252 g/mol. The average Bonchev–Trinajstić information content (AvgIpc) is 2.56. The van der Waals surface area contributed by atoms with Crippen LogP contribution in [0.4, 0.5) is 0 Å². The molecule has 106 valence electrons. The highest BCUT2D eigenvalue weighted by Gasteiger charge is 2.33. The van der Waals surface area contributed by atoms with Crippen molar-refractivity contribution in [2.24, 2.45) is 0 Å². The minimum atomic E-state index is -2.94. The van der Waals surface area contributed by atoms with E-state index in [-0.39, 0.29) is 35.5 Å². The molecular formula is C12H24N2O3S. The van der Waals surface area contributed by atoms with E-state index < -0.39 is 9.84 Å². The molecule has 1 rings (SSSR count). The number of nitrogens with one attached hydrogen (secondary N) is 1. The predicted molar refractivity (Wildman–Crippen MR) is 72.2 cm³/mol. The van der Waals surface area contributed by atoms with Crippen LogP contribution in [0, 0.1) is 0 Å². The van der Waals surface area contributed by atoms with Gasteiger partial charge in [0.25, 0.3) is 0 Å². The van der Waals surface area contributed by atoms with Gasteiger partial charge in [0, 0.05) is 18.1 Å². The van der Waals surface area contributed by atoms with E-state index in [4.69, 9.17) is 0 Å². The zero-order chi connectivity index (χ0) is 14.0. The minimum absolute atomic E-state index is 0.0190. The van der Waals surface area contributed by atoms with Gasteiger partial charge in [-0.1, -0.05) is 0 Å². The Kier molecular flexibility index (Phi) is 4.78. The summed E-state index contributed by atoms with van der Waals surface area (Å²) in [5, 5.41) is 3.14. The molecule has 1 atom stereocenters. The van der Waals surface area contributed by atoms with Gasteiger partial charge in [-0.3, -0.25) is 4.79 Å². The van der Waals surface area contributed by atoms with Crippen molar-refractivity contribution in [3.05, 3.63) is 0 Å². The Balaban J connectivity index is 2.59. The molecule has 1 aliphatic rings. The maximum absolute atomic E-state index is 12.1. The third-order valence-electron chi connectivity index (χ3n) is 3.08. The molecule has 0 aromatic heterocycles. The number of carbonyl (C=O) groups is 1. The molecule has 18 heavy (non-hydrogen) atoms. The van der Waals surface area contributed by atoms with Crippen molar-refractivity contribution in [1.82, 2.24) is 10.2 Å². The summed E-state index contributed by atoms with van der Waals surface area (Å²) in [6, 6.07) is -0.144. The fourth-order valence-corrected chi connectivity index (χ4v) is 3.83. The van der Waals surface area contributed by atoms with Gasteiger partial charge < -0.3 is 10.2 Å². The second-order valence-corrected chi connectivity index (χ2v) is 8.07. The first-order valence-electron chi connectivity index (χ1n) is 6.39. The number of likely N-dealkylation sites (N-methyl/N-ethyl adjacent to an activating group) is 1. The quantitative estimate of drug-likeness (QED) is 0.807. The lowest BCUT2D eigenvalue weighted by Crippen LogP contribution is -2.48. The molecule has 1 saturated heterocycles. The van der Waals surface area contributed by atoms with Crippen LogP contribution in [0.25, 0.3) is 0 Å². The van der Waals surface area contributed by atoms with Crippen LogP contribution in [0.2, 0.25) is 0 Å². The van der Waals surface area contributed by atoms with Crippen molar-refractivity contribution in [1.29, 1.82) is 0 Å². The largest absolute Gasteiger partial charge is 0.338 e. The molecule has 5 nitrogen and oxygen atoms in total. The highest BCUT2D eigenvalue weighted by Crippen LogP contribution is 2.17. The van der Waals surface area contributed by atoms with Crippen LogP contribution in [0.1, 0.15) is 34.1 Å². The van der Waals surface area contributed by atoms with Crippen LogP contribution in [-0.4, -0.2) is 55.4 Å². The van der Waals surface area contributed by atoms with Gasteiger partial charge in [-0.25, -0.2) is 8.42 Å². The Morgan fingerprint density at radius 3 is 2.39 bits per heavy atom. The molecule has 0 aliphatic carbocycles. The van der Waals surface area contributed by atoms with Crippen molar-refractivity contribution < 1.29 is 13.2 Å². The van der Waals surface area contributed by atoms with Gasteiger partial charge in [0.2, 0.25) is 5.91 Å². The normalized spacial score (nSPS) is 23.0. The van der Waals surface area contributed by atoms with Crippen LogP contribution in [-0.2, 0) is 14.6 Å². The topological polar surface area (TPSA) is 66.5 Å². The van der Waals surface area contributed by atoms with E-state index in [0.717, 1.165) is 0 Å². The van der Waals surface area contributed by atoms with E-state index in [1.807, 2.05) is 27.7 Å². The molecule has 1 aliphatic heterocycles. The zero-order valence-electron chi connectivity index (χ0n) is 11.7. The molecule has 0 aromatic rings. The van der Waals surface area contributed by atoms with E-state index in [9.17, 15) is 13.2 Å². The third kappa shape index (κ3) is 4.57. The van der Waals surface area contributed by atoms with Gasteiger partial charge in [-0.15, -0.1) is 0 Å². The smallest absolute Gasteiger partial charge is 0.236 e. The number of carbonyl (C=O) groups excluding carboxylic acids is 1. The SMILES string of the molecule is CCN(C(=O)CNC(C)(C)C)C1CCS(=O)(=O)C1. The first kappa shape index (κ1) is 15.4. The summed E-state index contributed by atoms with van der Waals surface area (Å²) in [6.45, 7) is 8.70. The van der Waals surface area contributed by atoms with Gasteiger partial charge in [0.05, 0.1) is 18.1 Å². The molecule has 0 bridgehead atoms. The number of sulfone groups is 1. The average molecular weight is 276 g/mol. The Hall–Kier alpha value is -0.620. The summed E-state index contributed by atoms with van der Waals surface area (Å²) in [6.07, 6.45) is 0.567. The monoisotopic (exact) mass is 276 g/mol. The van der Waals surface area contributed by atoms with Crippen molar-refractivity contribution in [3.8, 4) is 0 Å².